The molecule has 0 fully saturated rings. The minimum atomic E-state index is -3.92. The molecule has 30 heavy (non-hydrogen) atoms. The fourth-order valence-electron chi connectivity index (χ4n) is 3.09. The summed E-state index contributed by atoms with van der Waals surface area (Å²) in [5, 5.41) is 1.12. The number of hydrogen-bond acceptors (Lipinski definition) is 3. The molecule has 2 aromatic rings. The monoisotopic (exact) mass is 509 g/mol. The van der Waals surface area contributed by atoms with Crippen molar-refractivity contribution in [2.24, 2.45) is 5.92 Å². The van der Waals surface area contributed by atoms with Crippen LogP contribution in [0.3, 0.4) is 0 Å². The molecule has 166 valence electrons. The maximum Gasteiger partial charge on any atom is 0.264 e. The minimum Gasteiger partial charge on any atom is -0.262 e. The molecule has 0 spiro atoms. The van der Waals surface area contributed by atoms with Gasteiger partial charge in [-0.05, 0) is 68.1 Å². The van der Waals surface area contributed by atoms with Crippen LogP contribution in [0, 0.1) is 5.92 Å². The second-order valence-corrected chi connectivity index (χ2v) is 12.3. The lowest BCUT2D eigenvalue weighted by molar-refractivity contribution is 0.569. The predicted molar refractivity (Wildman–Crippen MR) is 129 cm³/mol. The summed E-state index contributed by atoms with van der Waals surface area (Å²) in [4.78, 5) is 0.109. The van der Waals surface area contributed by atoms with Gasteiger partial charge in [0.2, 0.25) is 0 Å². The lowest BCUT2D eigenvalue weighted by atomic mass is 10.2. The number of hydrogen-bond donors (Lipinski definition) is 0. The van der Waals surface area contributed by atoms with Gasteiger partial charge in [0.15, 0.2) is 0 Å². The van der Waals surface area contributed by atoms with E-state index in [0.717, 1.165) is 0 Å². The largest absolute Gasteiger partial charge is 0.264 e. The van der Waals surface area contributed by atoms with Crippen molar-refractivity contribution in [1.82, 2.24) is 0 Å². The molecular weight excluding hydrogens is 485 g/mol. The van der Waals surface area contributed by atoms with Crippen molar-refractivity contribution in [2.75, 3.05) is 15.8 Å². The summed E-state index contributed by atoms with van der Waals surface area (Å²) in [6.45, 7) is 5.88. The number of anilines is 1. The molecule has 9 heteroatoms. The van der Waals surface area contributed by atoms with Gasteiger partial charge in [0, 0.05) is 38.4 Å². The maximum atomic E-state index is 13.5. The third-order valence-electron chi connectivity index (χ3n) is 4.43. The van der Waals surface area contributed by atoms with Gasteiger partial charge in [0.1, 0.15) is 0 Å². The second-order valence-electron chi connectivity index (χ2n) is 7.55. The number of benzene rings is 2. The van der Waals surface area contributed by atoms with Crippen LogP contribution < -0.4 is 4.31 Å². The molecule has 4 nitrogen and oxygen atoms in total. The normalized spacial score (nSPS) is 14.0. The van der Waals surface area contributed by atoms with Crippen LogP contribution in [0.5, 0.6) is 0 Å². The smallest absolute Gasteiger partial charge is 0.262 e. The standard InChI is InChI=1S/C21H26Cl3NO3S2/c1-15(2)14-29(26)12-4-5-16(3)25(21-13-18(23)8-11-20(21)24)30(27,28)19-9-6-17(22)7-10-19/h6-11,13,15-16H,4-5,12,14H2,1-3H3/t16-,29?/m1/s1. The Morgan fingerprint density at radius 3 is 2.17 bits per heavy atom. The zero-order valence-corrected chi connectivity index (χ0v) is 21.0. The number of rotatable bonds is 10. The van der Waals surface area contributed by atoms with Crippen LogP contribution in [0.4, 0.5) is 5.69 Å². The Labute approximate surface area is 197 Å². The van der Waals surface area contributed by atoms with Crippen LogP contribution in [-0.2, 0) is 20.8 Å². The van der Waals surface area contributed by atoms with Gasteiger partial charge in [-0.2, -0.15) is 0 Å². The molecule has 2 atom stereocenters. The van der Waals surface area contributed by atoms with Crippen molar-refractivity contribution in [2.45, 2.75) is 44.6 Å². The van der Waals surface area contributed by atoms with Gasteiger partial charge in [-0.25, -0.2) is 8.42 Å². The number of sulfonamides is 1. The molecule has 0 amide bonds. The van der Waals surface area contributed by atoms with E-state index < -0.39 is 26.9 Å². The highest BCUT2D eigenvalue weighted by Gasteiger charge is 2.31. The first-order chi connectivity index (χ1) is 14.0. The van der Waals surface area contributed by atoms with Gasteiger partial charge in [0.05, 0.1) is 15.6 Å². The highest BCUT2D eigenvalue weighted by Crippen LogP contribution is 2.35. The average molecular weight is 511 g/mol. The molecule has 0 aliphatic rings. The van der Waals surface area contributed by atoms with Crippen molar-refractivity contribution in [3.63, 3.8) is 0 Å². The minimum absolute atomic E-state index is 0.109. The Morgan fingerprint density at radius 1 is 0.967 bits per heavy atom. The third kappa shape index (κ3) is 6.86. The fourth-order valence-corrected chi connectivity index (χ4v) is 6.74. The molecule has 0 aliphatic heterocycles. The van der Waals surface area contributed by atoms with Crippen LogP contribution >= 0.6 is 34.8 Å². The zero-order chi connectivity index (χ0) is 22.5. The summed E-state index contributed by atoms with van der Waals surface area (Å²) in [7, 11) is -4.85. The molecule has 1 unspecified atom stereocenters. The third-order valence-corrected chi connectivity index (χ3v) is 8.96. The molecule has 0 bridgehead atoms. The van der Waals surface area contributed by atoms with Gasteiger partial charge in [-0.15, -0.1) is 0 Å². The van der Waals surface area contributed by atoms with E-state index in [1.165, 1.54) is 28.6 Å². The van der Waals surface area contributed by atoms with Crippen LogP contribution in [-0.4, -0.2) is 30.2 Å². The summed E-state index contributed by atoms with van der Waals surface area (Å²) < 4.78 is 40.5. The van der Waals surface area contributed by atoms with Crippen LogP contribution in [0.25, 0.3) is 0 Å². The van der Waals surface area contributed by atoms with Crippen LogP contribution in [0.1, 0.15) is 33.6 Å². The molecule has 0 aliphatic carbocycles. The number of nitrogens with zero attached hydrogens (tertiary/aromatic N) is 1. The molecular formula is C21H26Cl3NO3S2. The van der Waals surface area contributed by atoms with Gasteiger partial charge in [-0.1, -0.05) is 48.7 Å². The van der Waals surface area contributed by atoms with Crippen molar-refractivity contribution in [3.8, 4) is 0 Å². The SMILES string of the molecule is CC(C)CS(=O)CCC[C@@H](C)N(c1cc(Cl)ccc1Cl)S(=O)(=O)c1ccc(Cl)cc1. The van der Waals surface area contributed by atoms with Crippen LogP contribution in [0.2, 0.25) is 15.1 Å². The first-order valence-electron chi connectivity index (χ1n) is 9.62. The van der Waals surface area contributed by atoms with E-state index in [2.05, 4.69) is 0 Å². The first-order valence-corrected chi connectivity index (χ1v) is 13.7. The van der Waals surface area contributed by atoms with Crippen LogP contribution in [0.15, 0.2) is 47.4 Å². The molecule has 0 radical (unpaired) electrons. The van der Waals surface area contributed by atoms with Gasteiger partial charge >= 0.3 is 0 Å². The first kappa shape index (κ1) is 25.5. The lowest BCUT2D eigenvalue weighted by Crippen LogP contribution is -2.39. The van der Waals surface area contributed by atoms with E-state index in [4.69, 9.17) is 34.8 Å². The quantitative estimate of drug-likeness (QED) is 0.371. The van der Waals surface area contributed by atoms with E-state index in [-0.39, 0.29) is 9.92 Å². The molecule has 2 aromatic carbocycles. The molecule has 0 saturated heterocycles. The molecule has 0 N–H and O–H groups in total. The maximum absolute atomic E-state index is 13.5. The fraction of sp³-hybridized carbons (Fsp3) is 0.429. The summed E-state index contributed by atoms with van der Waals surface area (Å²) in [5.74, 6) is 1.53. The molecule has 0 aromatic heterocycles. The summed E-state index contributed by atoms with van der Waals surface area (Å²) in [6.07, 6.45) is 1.16. The summed E-state index contributed by atoms with van der Waals surface area (Å²) in [5.41, 5.74) is 0.315. The summed E-state index contributed by atoms with van der Waals surface area (Å²) in [6, 6.07) is 10.3. The topological polar surface area (TPSA) is 54.5 Å². The Morgan fingerprint density at radius 2 is 1.57 bits per heavy atom. The van der Waals surface area contributed by atoms with E-state index in [1.54, 1.807) is 18.2 Å². The van der Waals surface area contributed by atoms with Gasteiger partial charge < -0.3 is 0 Å². The highest BCUT2D eigenvalue weighted by molar-refractivity contribution is 7.92. The average Bonchev–Trinajstić information content (AvgIpc) is 2.64. The highest BCUT2D eigenvalue weighted by atomic mass is 35.5. The summed E-state index contributed by atoms with van der Waals surface area (Å²) >= 11 is 18.4. The van der Waals surface area contributed by atoms with E-state index in [1.807, 2.05) is 20.8 Å². The second kappa shape index (κ2) is 11.2. The molecule has 0 saturated carbocycles. The Balaban J connectivity index is 2.35. The Kier molecular flexibility index (Phi) is 9.50. The van der Waals surface area contributed by atoms with E-state index in [9.17, 15) is 12.6 Å². The zero-order valence-electron chi connectivity index (χ0n) is 17.1. The molecule has 0 heterocycles. The van der Waals surface area contributed by atoms with E-state index >= 15 is 0 Å². The van der Waals surface area contributed by atoms with Crippen molar-refractivity contribution in [3.05, 3.63) is 57.5 Å². The molecule has 2 rings (SSSR count). The number of halogens is 3. The van der Waals surface area contributed by atoms with Crippen molar-refractivity contribution >= 4 is 61.3 Å². The van der Waals surface area contributed by atoms with Crippen molar-refractivity contribution < 1.29 is 12.6 Å². The van der Waals surface area contributed by atoms with Crippen molar-refractivity contribution in [1.29, 1.82) is 0 Å². The van der Waals surface area contributed by atoms with Gasteiger partial charge in [0.25, 0.3) is 10.0 Å². The predicted octanol–water partition coefficient (Wildman–Crippen LogP) is 6.42. The van der Waals surface area contributed by atoms with E-state index in [0.29, 0.717) is 46.0 Å². The Bertz CT molecular complexity index is 979. The Hall–Kier alpha value is -0.790. The van der Waals surface area contributed by atoms with Gasteiger partial charge in [-0.3, -0.25) is 8.51 Å². The lowest BCUT2D eigenvalue weighted by Gasteiger charge is -2.31.